The lowest BCUT2D eigenvalue weighted by molar-refractivity contribution is -0.142. The Hall–Kier alpha value is -1.59. The lowest BCUT2D eigenvalue weighted by Gasteiger charge is -2.23. The van der Waals surface area contributed by atoms with Gasteiger partial charge in [-0.05, 0) is 33.1 Å². The average Bonchev–Trinajstić information content (AvgIpc) is 2.85. The van der Waals surface area contributed by atoms with Crippen molar-refractivity contribution in [2.24, 2.45) is 11.8 Å². The van der Waals surface area contributed by atoms with Crippen molar-refractivity contribution in [3.8, 4) is 0 Å². The van der Waals surface area contributed by atoms with Gasteiger partial charge in [-0.15, -0.1) is 0 Å². The second-order valence-corrected chi connectivity index (χ2v) is 4.85. The summed E-state index contributed by atoms with van der Waals surface area (Å²) in [6.07, 6.45) is 1.53. The van der Waals surface area contributed by atoms with Gasteiger partial charge in [0.05, 0.1) is 12.5 Å². The molecule has 6 heteroatoms. The van der Waals surface area contributed by atoms with E-state index in [-0.39, 0.29) is 24.3 Å². The van der Waals surface area contributed by atoms with E-state index in [4.69, 9.17) is 5.11 Å². The molecule has 0 radical (unpaired) electrons. The number of rotatable bonds is 6. The highest BCUT2D eigenvalue weighted by Gasteiger charge is 2.35. The normalized spacial score (nSPS) is 22.0. The topological polar surface area (TPSA) is 86.7 Å². The fourth-order valence-corrected chi connectivity index (χ4v) is 2.46. The molecule has 1 aliphatic rings. The Kier molecular flexibility index (Phi) is 5.79. The molecule has 19 heavy (non-hydrogen) atoms. The Morgan fingerprint density at radius 2 is 1.84 bits per heavy atom. The number of hydrogen-bond donors (Lipinski definition) is 2. The molecule has 2 amide bonds. The van der Waals surface area contributed by atoms with Crippen molar-refractivity contribution in [1.29, 1.82) is 0 Å². The van der Waals surface area contributed by atoms with Crippen LogP contribution in [-0.4, -0.2) is 47.4 Å². The summed E-state index contributed by atoms with van der Waals surface area (Å²) in [5.74, 6) is -1.78. The van der Waals surface area contributed by atoms with E-state index >= 15 is 0 Å². The summed E-state index contributed by atoms with van der Waals surface area (Å²) in [6, 6.07) is 0. The minimum atomic E-state index is -0.831. The van der Waals surface area contributed by atoms with Gasteiger partial charge in [-0.2, -0.15) is 0 Å². The van der Waals surface area contributed by atoms with E-state index in [0.717, 1.165) is 0 Å². The Bertz CT molecular complexity index is 357. The Morgan fingerprint density at radius 3 is 2.32 bits per heavy atom. The number of hydrogen-bond acceptors (Lipinski definition) is 3. The number of carbonyl (C=O) groups excluding carboxylic acids is 2. The van der Waals surface area contributed by atoms with Gasteiger partial charge in [0.25, 0.3) is 0 Å². The molecule has 0 aromatic heterocycles. The third kappa shape index (κ3) is 4.22. The fourth-order valence-electron chi connectivity index (χ4n) is 2.46. The largest absolute Gasteiger partial charge is 0.481 e. The Morgan fingerprint density at radius 1 is 1.21 bits per heavy atom. The van der Waals surface area contributed by atoms with Gasteiger partial charge in [0.2, 0.25) is 11.8 Å². The van der Waals surface area contributed by atoms with Crippen LogP contribution in [0.3, 0.4) is 0 Å². The number of amides is 2. The van der Waals surface area contributed by atoms with Crippen LogP contribution in [-0.2, 0) is 14.4 Å². The van der Waals surface area contributed by atoms with Crippen molar-refractivity contribution >= 4 is 17.8 Å². The zero-order valence-electron chi connectivity index (χ0n) is 11.5. The molecule has 0 bridgehead atoms. The Balaban J connectivity index is 2.55. The molecule has 0 saturated heterocycles. The van der Waals surface area contributed by atoms with Crippen molar-refractivity contribution in [2.45, 2.75) is 33.1 Å². The maximum absolute atomic E-state index is 12.2. The molecule has 0 spiro atoms. The molecule has 0 aromatic rings. The van der Waals surface area contributed by atoms with E-state index < -0.39 is 11.9 Å². The standard InChI is InChI=1S/C13H22N2O4/c1-3-14-11(16)8-15(4-2)12(17)9-5-6-10(7-9)13(18)19/h9-10H,3-8H2,1-2H3,(H,14,16)(H,18,19)/t9-,10+/m1/s1. The predicted octanol–water partition coefficient (Wildman–Crippen LogP) is 0.472. The van der Waals surface area contributed by atoms with Crippen LogP contribution in [0.4, 0.5) is 0 Å². The number of likely N-dealkylation sites (N-methyl/N-ethyl adjacent to an activating group) is 2. The molecule has 0 heterocycles. The van der Waals surface area contributed by atoms with Crippen molar-refractivity contribution in [1.82, 2.24) is 10.2 Å². The molecule has 2 N–H and O–H groups in total. The van der Waals surface area contributed by atoms with Crippen molar-refractivity contribution < 1.29 is 19.5 Å². The summed E-state index contributed by atoms with van der Waals surface area (Å²) in [5, 5.41) is 11.6. The van der Waals surface area contributed by atoms with Crippen LogP contribution in [0.2, 0.25) is 0 Å². The van der Waals surface area contributed by atoms with E-state index in [2.05, 4.69) is 5.32 Å². The van der Waals surface area contributed by atoms with Crippen LogP contribution in [0.25, 0.3) is 0 Å². The van der Waals surface area contributed by atoms with Gasteiger partial charge < -0.3 is 15.3 Å². The SMILES string of the molecule is CCNC(=O)CN(CC)C(=O)[C@@H]1CC[C@H](C(=O)O)C1. The summed E-state index contributed by atoms with van der Waals surface area (Å²) in [5.41, 5.74) is 0. The first kappa shape index (κ1) is 15.5. The van der Waals surface area contributed by atoms with Crippen LogP contribution >= 0.6 is 0 Å². The summed E-state index contributed by atoms with van der Waals surface area (Å²) in [7, 11) is 0. The van der Waals surface area contributed by atoms with Gasteiger partial charge in [-0.25, -0.2) is 0 Å². The lowest BCUT2D eigenvalue weighted by Crippen LogP contribution is -2.42. The van der Waals surface area contributed by atoms with Crippen LogP contribution in [0.5, 0.6) is 0 Å². The summed E-state index contributed by atoms with van der Waals surface area (Å²) in [4.78, 5) is 36.1. The maximum Gasteiger partial charge on any atom is 0.306 e. The number of carboxylic acids is 1. The molecule has 1 aliphatic carbocycles. The van der Waals surface area contributed by atoms with E-state index in [1.54, 1.807) is 0 Å². The maximum atomic E-state index is 12.2. The molecule has 108 valence electrons. The van der Waals surface area contributed by atoms with E-state index in [0.29, 0.717) is 32.4 Å². The van der Waals surface area contributed by atoms with Gasteiger partial charge >= 0.3 is 5.97 Å². The molecular weight excluding hydrogens is 248 g/mol. The number of nitrogens with zero attached hydrogens (tertiary/aromatic N) is 1. The first-order valence-electron chi connectivity index (χ1n) is 6.77. The third-order valence-electron chi connectivity index (χ3n) is 3.53. The molecule has 0 aliphatic heterocycles. The average molecular weight is 270 g/mol. The van der Waals surface area contributed by atoms with E-state index in [1.165, 1.54) is 4.90 Å². The minimum absolute atomic E-state index is 0.0530. The molecule has 2 atom stereocenters. The molecule has 1 rings (SSSR count). The van der Waals surface area contributed by atoms with Crippen LogP contribution in [0.1, 0.15) is 33.1 Å². The first-order valence-corrected chi connectivity index (χ1v) is 6.77. The molecular formula is C13H22N2O4. The highest BCUT2D eigenvalue weighted by molar-refractivity contribution is 5.86. The predicted molar refractivity (Wildman–Crippen MR) is 69.4 cm³/mol. The highest BCUT2D eigenvalue weighted by Crippen LogP contribution is 2.32. The highest BCUT2D eigenvalue weighted by atomic mass is 16.4. The second kappa shape index (κ2) is 7.11. The van der Waals surface area contributed by atoms with Gasteiger partial charge in [0, 0.05) is 19.0 Å². The monoisotopic (exact) mass is 270 g/mol. The van der Waals surface area contributed by atoms with E-state index in [9.17, 15) is 14.4 Å². The zero-order chi connectivity index (χ0) is 14.4. The van der Waals surface area contributed by atoms with Gasteiger partial charge in [-0.1, -0.05) is 0 Å². The molecule has 1 fully saturated rings. The van der Waals surface area contributed by atoms with Gasteiger partial charge in [-0.3, -0.25) is 14.4 Å². The number of aliphatic carboxylic acids is 1. The molecule has 1 saturated carbocycles. The quantitative estimate of drug-likeness (QED) is 0.734. The number of carboxylic acid groups (broad SMARTS) is 1. The summed E-state index contributed by atoms with van der Waals surface area (Å²) >= 11 is 0. The van der Waals surface area contributed by atoms with Crippen molar-refractivity contribution in [3.63, 3.8) is 0 Å². The molecule has 0 unspecified atom stereocenters. The molecule has 0 aromatic carbocycles. The van der Waals surface area contributed by atoms with Crippen LogP contribution in [0.15, 0.2) is 0 Å². The molecule has 6 nitrogen and oxygen atoms in total. The minimum Gasteiger partial charge on any atom is -0.481 e. The third-order valence-corrected chi connectivity index (χ3v) is 3.53. The van der Waals surface area contributed by atoms with E-state index in [1.807, 2.05) is 13.8 Å². The Labute approximate surface area is 113 Å². The van der Waals surface area contributed by atoms with Gasteiger partial charge in [0.15, 0.2) is 0 Å². The lowest BCUT2D eigenvalue weighted by atomic mass is 10.0. The second-order valence-electron chi connectivity index (χ2n) is 4.85. The van der Waals surface area contributed by atoms with Crippen molar-refractivity contribution in [3.05, 3.63) is 0 Å². The van der Waals surface area contributed by atoms with Crippen molar-refractivity contribution in [2.75, 3.05) is 19.6 Å². The van der Waals surface area contributed by atoms with Crippen LogP contribution < -0.4 is 5.32 Å². The number of nitrogens with one attached hydrogen (secondary N) is 1. The first-order chi connectivity index (χ1) is 8.99. The number of carbonyl (C=O) groups is 3. The van der Waals surface area contributed by atoms with Gasteiger partial charge in [0.1, 0.15) is 0 Å². The summed E-state index contributed by atoms with van der Waals surface area (Å²) in [6.45, 7) is 4.70. The van der Waals surface area contributed by atoms with Crippen LogP contribution in [0, 0.1) is 11.8 Å². The zero-order valence-corrected chi connectivity index (χ0v) is 11.5. The fraction of sp³-hybridized carbons (Fsp3) is 0.769. The smallest absolute Gasteiger partial charge is 0.306 e. The summed E-state index contributed by atoms with van der Waals surface area (Å²) < 4.78 is 0.